The molecule has 0 aliphatic rings. The third kappa shape index (κ3) is 4.24. The van der Waals surface area contributed by atoms with E-state index in [1.165, 1.54) is 21.8 Å². The minimum Gasteiger partial charge on any atom is -0.467 e. The van der Waals surface area contributed by atoms with Crippen LogP contribution in [0.25, 0.3) is 16.8 Å². The van der Waals surface area contributed by atoms with E-state index in [-0.39, 0.29) is 17.2 Å². The number of amides is 1. The molecule has 3 aromatic heterocycles. The third-order valence-corrected chi connectivity index (χ3v) is 5.34. The van der Waals surface area contributed by atoms with E-state index < -0.39 is 0 Å². The lowest BCUT2D eigenvalue weighted by atomic mass is 10.1. The van der Waals surface area contributed by atoms with Crippen LogP contribution < -0.4 is 10.9 Å². The molecular formula is C20H19N5O3S. The van der Waals surface area contributed by atoms with Gasteiger partial charge < -0.3 is 9.73 Å². The number of fused-ring (bicyclic) bond motifs is 1. The Balaban J connectivity index is 1.51. The number of carbonyl (C=O) groups is 1. The van der Waals surface area contributed by atoms with Crippen LogP contribution >= 0.6 is 11.8 Å². The molecule has 0 radical (unpaired) electrons. The van der Waals surface area contributed by atoms with Crippen LogP contribution in [0.1, 0.15) is 18.2 Å². The number of nitrogens with zero attached hydrogens (tertiary/aromatic N) is 3. The van der Waals surface area contributed by atoms with Crippen molar-refractivity contribution in [3.8, 4) is 11.3 Å². The lowest BCUT2D eigenvalue weighted by Gasteiger charge is -2.04. The first-order valence-corrected chi connectivity index (χ1v) is 10.1. The first-order chi connectivity index (χ1) is 14.1. The summed E-state index contributed by atoms with van der Waals surface area (Å²) in [6.45, 7) is 2.42. The third-order valence-electron chi connectivity index (χ3n) is 4.41. The van der Waals surface area contributed by atoms with Gasteiger partial charge in [-0.2, -0.15) is 5.10 Å². The summed E-state index contributed by atoms with van der Waals surface area (Å²) in [5.74, 6) is 0.642. The zero-order valence-electron chi connectivity index (χ0n) is 15.7. The maximum atomic E-state index is 12.2. The highest BCUT2D eigenvalue weighted by Crippen LogP contribution is 2.22. The van der Waals surface area contributed by atoms with Crippen LogP contribution in [0.3, 0.4) is 0 Å². The Morgan fingerprint density at radius 2 is 2.10 bits per heavy atom. The topological polar surface area (TPSA) is 105 Å². The monoisotopic (exact) mass is 409 g/mol. The van der Waals surface area contributed by atoms with Crippen LogP contribution in [0.4, 0.5) is 0 Å². The molecule has 2 N–H and O–H groups in total. The molecular weight excluding hydrogens is 390 g/mol. The van der Waals surface area contributed by atoms with E-state index in [0.29, 0.717) is 28.7 Å². The van der Waals surface area contributed by atoms with Crippen LogP contribution in [0.5, 0.6) is 0 Å². The number of furan rings is 1. The molecule has 1 aromatic carbocycles. The fourth-order valence-electron chi connectivity index (χ4n) is 2.82. The van der Waals surface area contributed by atoms with Gasteiger partial charge in [0.1, 0.15) is 11.3 Å². The zero-order chi connectivity index (χ0) is 20.2. The Morgan fingerprint density at radius 3 is 2.83 bits per heavy atom. The van der Waals surface area contributed by atoms with Crippen LogP contribution in [0.15, 0.2) is 63.1 Å². The quantitative estimate of drug-likeness (QED) is 0.455. The largest absolute Gasteiger partial charge is 0.467 e. The average molecular weight is 409 g/mol. The fraction of sp³-hybridized carbons (Fsp3) is 0.200. The highest BCUT2D eigenvalue weighted by molar-refractivity contribution is 7.99. The second kappa shape index (κ2) is 8.36. The second-order valence-corrected chi connectivity index (χ2v) is 7.30. The average Bonchev–Trinajstić information content (AvgIpc) is 3.42. The highest BCUT2D eigenvalue weighted by atomic mass is 32.2. The summed E-state index contributed by atoms with van der Waals surface area (Å²) in [6, 6.07) is 13.3. The van der Waals surface area contributed by atoms with Gasteiger partial charge in [0.25, 0.3) is 5.56 Å². The molecule has 1 amide bonds. The maximum Gasteiger partial charge on any atom is 0.290 e. The molecule has 4 rings (SSSR count). The van der Waals surface area contributed by atoms with Crippen molar-refractivity contribution >= 4 is 23.2 Å². The van der Waals surface area contributed by atoms with Gasteiger partial charge in [-0.1, -0.05) is 43.0 Å². The molecule has 9 heteroatoms. The van der Waals surface area contributed by atoms with Gasteiger partial charge in [-0.15, -0.1) is 5.10 Å². The summed E-state index contributed by atoms with van der Waals surface area (Å²) in [4.78, 5) is 24.3. The van der Waals surface area contributed by atoms with E-state index in [4.69, 9.17) is 4.42 Å². The molecule has 0 saturated heterocycles. The van der Waals surface area contributed by atoms with Crippen molar-refractivity contribution < 1.29 is 9.21 Å². The number of nitrogens with one attached hydrogen (secondary N) is 2. The summed E-state index contributed by atoms with van der Waals surface area (Å²) < 4.78 is 6.67. The summed E-state index contributed by atoms with van der Waals surface area (Å²) in [5.41, 5.74) is 2.87. The lowest BCUT2D eigenvalue weighted by Crippen LogP contribution is -2.24. The molecule has 0 fully saturated rings. The molecule has 0 bridgehead atoms. The fourth-order valence-corrected chi connectivity index (χ4v) is 3.55. The Morgan fingerprint density at radius 1 is 1.28 bits per heavy atom. The molecule has 0 spiro atoms. The van der Waals surface area contributed by atoms with Gasteiger partial charge in [0.2, 0.25) is 11.1 Å². The van der Waals surface area contributed by atoms with E-state index in [2.05, 4.69) is 27.5 Å². The smallest absolute Gasteiger partial charge is 0.290 e. The molecule has 3 heterocycles. The molecule has 148 valence electrons. The van der Waals surface area contributed by atoms with Crippen LogP contribution in [-0.2, 0) is 17.8 Å². The van der Waals surface area contributed by atoms with Crippen molar-refractivity contribution in [1.29, 1.82) is 0 Å². The Bertz CT molecular complexity index is 1180. The predicted molar refractivity (Wildman–Crippen MR) is 110 cm³/mol. The van der Waals surface area contributed by atoms with Crippen molar-refractivity contribution in [1.82, 2.24) is 25.1 Å². The normalized spacial score (nSPS) is 11.1. The second-order valence-electron chi connectivity index (χ2n) is 6.36. The number of aromatic amines is 1. The number of carbonyl (C=O) groups excluding carboxylic acids is 1. The van der Waals surface area contributed by atoms with Crippen molar-refractivity contribution in [3.05, 3.63) is 70.4 Å². The Kier molecular flexibility index (Phi) is 5.48. The molecule has 8 nitrogen and oxygen atoms in total. The van der Waals surface area contributed by atoms with Crippen molar-refractivity contribution in [3.63, 3.8) is 0 Å². The predicted octanol–water partition coefficient (Wildman–Crippen LogP) is 2.65. The SMILES string of the molecule is CCc1ccc(-c2cc3c(=O)[nH]nc(SCC(=O)NCc4ccco4)n3n2)cc1. The minimum atomic E-state index is -0.333. The van der Waals surface area contributed by atoms with E-state index in [1.54, 1.807) is 24.5 Å². The summed E-state index contributed by atoms with van der Waals surface area (Å²) in [5, 5.41) is 14.3. The number of hydrogen-bond acceptors (Lipinski definition) is 6. The van der Waals surface area contributed by atoms with Gasteiger partial charge in [-0.3, -0.25) is 9.59 Å². The maximum absolute atomic E-state index is 12.2. The van der Waals surface area contributed by atoms with Crippen LogP contribution in [0, 0.1) is 0 Å². The molecule has 0 unspecified atom stereocenters. The Labute approximate surface area is 170 Å². The van der Waals surface area contributed by atoms with Gasteiger partial charge in [0.05, 0.1) is 24.3 Å². The Hall–Kier alpha value is -3.33. The number of benzene rings is 1. The molecule has 0 aliphatic heterocycles. The van der Waals surface area contributed by atoms with E-state index in [9.17, 15) is 9.59 Å². The highest BCUT2D eigenvalue weighted by Gasteiger charge is 2.14. The van der Waals surface area contributed by atoms with Crippen LogP contribution in [0.2, 0.25) is 0 Å². The van der Waals surface area contributed by atoms with E-state index in [0.717, 1.165) is 12.0 Å². The number of rotatable bonds is 7. The van der Waals surface area contributed by atoms with E-state index >= 15 is 0 Å². The number of H-pyrrole nitrogens is 1. The van der Waals surface area contributed by atoms with Crippen LogP contribution in [-0.4, -0.2) is 31.5 Å². The molecule has 29 heavy (non-hydrogen) atoms. The van der Waals surface area contributed by atoms with Crippen molar-refractivity contribution in [2.24, 2.45) is 0 Å². The first kappa shape index (κ1) is 19.0. The number of aromatic nitrogens is 4. The van der Waals surface area contributed by atoms with Crippen molar-refractivity contribution in [2.45, 2.75) is 25.0 Å². The molecule has 0 aliphatic carbocycles. The minimum absolute atomic E-state index is 0.134. The van der Waals surface area contributed by atoms with Gasteiger partial charge in [0, 0.05) is 5.56 Å². The molecule has 0 atom stereocenters. The molecule has 4 aromatic rings. The van der Waals surface area contributed by atoms with Gasteiger partial charge in [0.15, 0.2) is 0 Å². The summed E-state index contributed by atoms with van der Waals surface area (Å²) in [7, 11) is 0. The van der Waals surface area contributed by atoms with Gasteiger partial charge in [-0.25, -0.2) is 9.61 Å². The van der Waals surface area contributed by atoms with Gasteiger partial charge in [-0.05, 0) is 30.2 Å². The first-order valence-electron chi connectivity index (χ1n) is 9.13. The standard InChI is InChI=1S/C20H19N5O3S/c1-2-13-5-7-14(8-6-13)16-10-17-19(27)22-23-20(25(17)24-16)29-12-18(26)21-11-15-4-3-9-28-15/h3-10H,2,11-12H2,1H3,(H,21,26)(H,22,27). The number of hydrogen-bond donors (Lipinski definition) is 2. The molecule has 0 saturated carbocycles. The summed E-state index contributed by atoms with van der Waals surface area (Å²) in [6.07, 6.45) is 2.51. The lowest BCUT2D eigenvalue weighted by molar-refractivity contribution is -0.118. The zero-order valence-corrected chi connectivity index (χ0v) is 16.5. The van der Waals surface area contributed by atoms with Gasteiger partial charge >= 0.3 is 0 Å². The summed E-state index contributed by atoms with van der Waals surface area (Å²) >= 11 is 1.20. The number of thioether (sulfide) groups is 1. The number of aryl methyl sites for hydroxylation is 1. The van der Waals surface area contributed by atoms with Crippen molar-refractivity contribution in [2.75, 3.05) is 5.75 Å². The van der Waals surface area contributed by atoms with E-state index in [1.807, 2.05) is 24.3 Å².